The number of carbonyl (C=O) groups excluding carboxylic acids is 1. The molecule has 1 N–H and O–H groups in total. The monoisotopic (exact) mass is 277 g/mol. The quantitative estimate of drug-likeness (QED) is 0.903. The summed E-state index contributed by atoms with van der Waals surface area (Å²) in [7, 11) is 1.80. The summed E-state index contributed by atoms with van der Waals surface area (Å²) in [6.45, 7) is 5.37. The Morgan fingerprint density at radius 3 is 2.75 bits per heavy atom. The number of piperidine rings is 1. The third kappa shape index (κ3) is 3.28. The molecule has 1 aromatic heterocycles. The van der Waals surface area contributed by atoms with E-state index in [9.17, 15) is 9.59 Å². The molecule has 0 saturated carbocycles. The van der Waals surface area contributed by atoms with Crippen LogP contribution in [0.25, 0.3) is 0 Å². The van der Waals surface area contributed by atoms with Gasteiger partial charge in [0.25, 0.3) is 5.91 Å². The summed E-state index contributed by atoms with van der Waals surface area (Å²) in [6, 6.07) is 1.63. The molecule has 1 saturated heterocycles. The Labute approximate surface area is 119 Å². The van der Waals surface area contributed by atoms with Crippen LogP contribution in [0.15, 0.2) is 23.3 Å². The molecule has 0 bridgehead atoms. The van der Waals surface area contributed by atoms with Gasteiger partial charge in [-0.25, -0.2) is 0 Å². The lowest BCUT2D eigenvalue weighted by molar-refractivity contribution is 0.0641. The minimum atomic E-state index is -0.219. The molecular weight excluding hydrogens is 254 g/mol. The van der Waals surface area contributed by atoms with Gasteiger partial charge < -0.3 is 14.8 Å². The predicted molar refractivity (Wildman–Crippen MR) is 78.9 cm³/mol. The number of aromatic amines is 1. The average Bonchev–Trinajstić information content (AvgIpc) is 2.47. The van der Waals surface area contributed by atoms with Crippen LogP contribution in [0, 0.1) is 0 Å². The van der Waals surface area contributed by atoms with Crippen molar-refractivity contribution in [1.82, 2.24) is 14.8 Å². The fourth-order valence-corrected chi connectivity index (χ4v) is 2.79. The van der Waals surface area contributed by atoms with Gasteiger partial charge >= 0.3 is 0 Å². The van der Waals surface area contributed by atoms with E-state index in [2.05, 4.69) is 16.8 Å². The number of hydrogen-bond donors (Lipinski definition) is 1. The molecule has 1 aliphatic rings. The molecule has 110 valence electrons. The van der Waals surface area contributed by atoms with Crippen LogP contribution in [0.1, 0.15) is 36.5 Å². The van der Waals surface area contributed by atoms with Crippen molar-refractivity contribution in [3.05, 3.63) is 34.2 Å². The van der Waals surface area contributed by atoms with Crippen LogP contribution >= 0.6 is 0 Å². The Kier molecular flexibility index (Phi) is 4.95. The van der Waals surface area contributed by atoms with E-state index in [1.54, 1.807) is 18.1 Å². The molecular formula is C15H23N3O2. The molecule has 0 atom stereocenters. The Hall–Kier alpha value is -1.62. The maximum absolute atomic E-state index is 12.4. The largest absolute Gasteiger partial charge is 0.367 e. The minimum Gasteiger partial charge on any atom is -0.367 e. The Bertz CT molecular complexity index is 504. The van der Waals surface area contributed by atoms with Crippen LogP contribution in [-0.4, -0.2) is 53.4 Å². The maximum Gasteiger partial charge on any atom is 0.259 e. The lowest BCUT2D eigenvalue weighted by Gasteiger charge is -2.36. The van der Waals surface area contributed by atoms with Gasteiger partial charge in [-0.2, -0.15) is 0 Å². The number of rotatable bonds is 4. The van der Waals surface area contributed by atoms with Crippen LogP contribution in [0.5, 0.6) is 0 Å². The molecule has 1 fully saturated rings. The van der Waals surface area contributed by atoms with Crippen LogP contribution in [-0.2, 0) is 0 Å². The normalized spacial score (nSPS) is 17.1. The van der Waals surface area contributed by atoms with Gasteiger partial charge in [-0.3, -0.25) is 9.59 Å². The fraction of sp³-hybridized carbons (Fsp3) is 0.600. The zero-order chi connectivity index (χ0) is 14.5. The molecule has 1 aromatic rings. The third-order valence-electron chi connectivity index (χ3n) is 4.02. The highest BCUT2D eigenvalue weighted by atomic mass is 16.2. The van der Waals surface area contributed by atoms with Crippen LogP contribution in [0.4, 0.5) is 0 Å². The van der Waals surface area contributed by atoms with Gasteiger partial charge in [0.05, 0.1) is 0 Å². The maximum atomic E-state index is 12.4. The number of pyridine rings is 1. The smallest absolute Gasteiger partial charge is 0.259 e. The minimum absolute atomic E-state index is 0.180. The van der Waals surface area contributed by atoms with Crippen molar-refractivity contribution in [1.29, 1.82) is 0 Å². The van der Waals surface area contributed by atoms with E-state index in [0.29, 0.717) is 0 Å². The predicted octanol–water partition coefficient (Wildman–Crippen LogP) is 1.32. The van der Waals surface area contributed by atoms with Crippen molar-refractivity contribution < 1.29 is 4.79 Å². The van der Waals surface area contributed by atoms with Crippen molar-refractivity contribution in [2.24, 2.45) is 0 Å². The summed E-state index contributed by atoms with van der Waals surface area (Å²) in [5.41, 5.74) is 0.00927. The van der Waals surface area contributed by atoms with E-state index >= 15 is 0 Å². The summed E-state index contributed by atoms with van der Waals surface area (Å²) in [5, 5.41) is 0. The number of aromatic nitrogens is 1. The lowest BCUT2D eigenvalue weighted by atomic mass is 10.0. The second-order valence-corrected chi connectivity index (χ2v) is 5.41. The lowest BCUT2D eigenvalue weighted by Crippen LogP contribution is -2.46. The van der Waals surface area contributed by atoms with Crippen molar-refractivity contribution in [3.63, 3.8) is 0 Å². The van der Waals surface area contributed by atoms with Gasteiger partial charge in [0.1, 0.15) is 5.56 Å². The first-order chi connectivity index (χ1) is 9.63. The Balaban J connectivity index is 1.99. The summed E-state index contributed by atoms with van der Waals surface area (Å²) >= 11 is 0. The summed E-state index contributed by atoms with van der Waals surface area (Å²) < 4.78 is 0. The molecule has 5 nitrogen and oxygen atoms in total. The number of nitrogens with zero attached hydrogens (tertiary/aromatic N) is 2. The van der Waals surface area contributed by atoms with Gasteiger partial charge in [0, 0.05) is 44.6 Å². The molecule has 0 spiro atoms. The van der Waals surface area contributed by atoms with E-state index in [-0.39, 0.29) is 22.9 Å². The first-order valence-electron chi connectivity index (χ1n) is 7.30. The molecule has 0 radical (unpaired) electrons. The molecule has 2 heterocycles. The van der Waals surface area contributed by atoms with Crippen LogP contribution < -0.4 is 5.43 Å². The average molecular weight is 277 g/mol. The number of likely N-dealkylation sites (tertiary alicyclic amines) is 1. The van der Waals surface area contributed by atoms with Gasteiger partial charge in [-0.1, -0.05) is 6.92 Å². The van der Waals surface area contributed by atoms with Crippen molar-refractivity contribution in [3.8, 4) is 0 Å². The molecule has 20 heavy (non-hydrogen) atoms. The van der Waals surface area contributed by atoms with Crippen LogP contribution in [0.3, 0.4) is 0 Å². The molecule has 1 amide bonds. The van der Waals surface area contributed by atoms with E-state index < -0.39 is 0 Å². The van der Waals surface area contributed by atoms with Gasteiger partial charge in [0.15, 0.2) is 5.43 Å². The Morgan fingerprint density at radius 2 is 2.15 bits per heavy atom. The van der Waals surface area contributed by atoms with Gasteiger partial charge in [-0.15, -0.1) is 0 Å². The van der Waals surface area contributed by atoms with E-state index in [1.165, 1.54) is 18.7 Å². The number of amides is 1. The highest BCUT2D eigenvalue weighted by Crippen LogP contribution is 2.16. The molecule has 0 unspecified atom stereocenters. The van der Waals surface area contributed by atoms with Gasteiger partial charge in [-0.05, 0) is 25.8 Å². The SMILES string of the molecule is CCCN1CCC(N(C)C(=O)c2c[nH]ccc2=O)CC1. The second-order valence-electron chi connectivity index (χ2n) is 5.41. The first kappa shape index (κ1) is 14.8. The third-order valence-corrected chi connectivity index (χ3v) is 4.02. The van der Waals surface area contributed by atoms with Crippen molar-refractivity contribution >= 4 is 5.91 Å². The zero-order valence-electron chi connectivity index (χ0n) is 12.3. The zero-order valence-corrected chi connectivity index (χ0v) is 12.3. The highest BCUT2D eigenvalue weighted by molar-refractivity contribution is 5.93. The highest BCUT2D eigenvalue weighted by Gasteiger charge is 2.26. The van der Waals surface area contributed by atoms with Crippen LogP contribution in [0.2, 0.25) is 0 Å². The molecule has 2 rings (SSSR count). The van der Waals surface area contributed by atoms with E-state index in [0.717, 1.165) is 32.5 Å². The molecule has 0 aliphatic carbocycles. The molecule has 0 aromatic carbocycles. The topological polar surface area (TPSA) is 56.4 Å². The second kappa shape index (κ2) is 6.70. The van der Waals surface area contributed by atoms with Gasteiger partial charge in [0.2, 0.25) is 0 Å². The standard InChI is InChI=1S/C15H23N3O2/c1-3-8-18-9-5-12(6-10-18)17(2)15(20)13-11-16-7-4-14(13)19/h4,7,11-12H,3,5-6,8-10H2,1-2H3,(H,16,19). The molecule has 1 aliphatic heterocycles. The summed E-state index contributed by atoms with van der Waals surface area (Å²) in [6.07, 6.45) is 6.16. The number of H-pyrrole nitrogens is 1. The summed E-state index contributed by atoms with van der Waals surface area (Å²) in [4.78, 5) is 31.0. The van der Waals surface area contributed by atoms with Crippen molar-refractivity contribution in [2.45, 2.75) is 32.2 Å². The van der Waals surface area contributed by atoms with E-state index in [1.807, 2.05) is 0 Å². The van der Waals surface area contributed by atoms with E-state index in [4.69, 9.17) is 0 Å². The van der Waals surface area contributed by atoms with Crippen molar-refractivity contribution in [2.75, 3.05) is 26.7 Å². The molecule has 5 heteroatoms. The fourth-order valence-electron chi connectivity index (χ4n) is 2.79. The number of nitrogens with one attached hydrogen (secondary N) is 1. The first-order valence-corrected chi connectivity index (χ1v) is 7.30. The summed E-state index contributed by atoms with van der Waals surface area (Å²) in [5.74, 6) is -0.180. The Morgan fingerprint density at radius 1 is 1.45 bits per heavy atom. The number of hydrogen-bond acceptors (Lipinski definition) is 3. The number of carbonyl (C=O) groups is 1.